The van der Waals surface area contributed by atoms with E-state index in [1.807, 2.05) is 45.0 Å². The zero-order valence-corrected chi connectivity index (χ0v) is 39.3. The zero-order chi connectivity index (χ0) is 47.7. The normalized spacial score (nSPS) is 15.0. The molecule has 3 aliphatic heterocycles. The van der Waals surface area contributed by atoms with E-state index in [4.69, 9.17) is 26.1 Å². The number of allylic oxidation sites excluding steroid dienone is 2. The average Bonchev–Trinajstić information content (AvgIpc) is 3.54. The fraction of sp³-hybridized carbons (Fsp3) is 0.241. The van der Waals surface area contributed by atoms with Crippen molar-refractivity contribution in [3.8, 4) is 17.2 Å². The number of fused-ring (bicyclic) bond motifs is 5. The van der Waals surface area contributed by atoms with Crippen LogP contribution in [0.3, 0.4) is 0 Å². The number of rotatable bonds is 10. The smallest absolute Gasteiger partial charge is 0.336 e. The Morgan fingerprint density at radius 1 is 0.791 bits per heavy atom. The molecule has 4 N–H and O–H groups in total. The van der Waals surface area contributed by atoms with Crippen LogP contribution in [0.4, 0.5) is 5.69 Å². The maximum atomic E-state index is 13.7. The monoisotopic (exact) mass is 915 g/mol. The first-order chi connectivity index (χ1) is 31.8. The lowest BCUT2D eigenvalue weighted by molar-refractivity contribution is -0.120. The summed E-state index contributed by atoms with van der Waals surface area (Å²) in [5.41, 5.74) is 8.42. The molecule has 3 aliphatic rings. The summed E-state index contributed by atoms with van der Waals surface area (Å²) >= 11 is 6.08. The third-order valence-corrected chi connectivity index (χ3v) is 12.8. The molecule has 0 radical (unpaired) electrons. The molecule has 5 aromatic carbocycles. The Hall–Kier alpha value is -7.44. The van der Waals surface area contributed by atoms with Crippen LogP contribution in [0.15, 0.2) is 102 Å². The molecule has 2 amide bonds. The Balaban J connectivity index is 0.983. The van der Waals surface area contributed by atoms with Crippen molar-refractivity contribution >= 4 is 68.6 Å². The summed E-state index contributed by atoms with van der Waals surface area (Å²) < 4.78 is 13.7. The molecular weight excluding hydrogens is 866 g/mol. The molecule has 340 valence electrons. The van der Waals surface area contributed by atoms with Crippen LogP contribution < -0.4 is 36.0 Å². The van der Waals surface area contributed by atoms with Crippen LogP contribution in [0.5, 0.6) is 17.2 Å². The second-order valence-corrected chi connectivity index (χ2v) is 18.9. The molecule has 13 heteroatoms. The van der Waals surface area contributed by atoms with Crippen molar-refractivity contribution in [1.82, 2.24) is 15.2 Å². The van der Waals surface area contributed by atoms with Gasteiger partial charge in [-0.05, 0) is 137 Å². The molecule has 67 heavy (non-hydrogen) atoms. The Kier molecular flexibility index (Phi) is 11.2. The van der Waals surface area contributed by atoms with Crippen molar-refractivity contribution < 1.29 is 33.8 Å². The Morgan fingerprint density at radius 2 is 1.51 bits per heavy atom. The lowest BCUT2D eigenvalue weighted by Crippen LogP contribution is -2.35. The van der Waals surface area contributed by atoms with Gasteiger partial charge in [-0.25, -0.2) is 4.79 Å². The van der Waals surface area contributed by atoms with E-state index in [2.05, 4.69) is 48.9 Å². The molecule has 0 saturated heterocycles. The number of carboxylic acids is 1. The van der Waals surface area contributed by atoms with Crippen molar-refractivity contribution in [1.29, 1.82) is 0 Å². The second-order valence-electron chi connectivity index (χ2n) is 18.4. The summed E-state index contributed by atoms with van der Waals surface area (Å²) in [6, 6.07) is 24.6. The molecule has 0 bridgehead atoms. The lowest BCUT2D eigenvalue weighted by Gasteiger charge is -2.33. The number of carbonyl (C=O) groups is 4. The molecule has 0 fully saturated rings. The first-order valence-electron chi connectivity index (χ1n) is 22.0. The maximum absolute atomic E-state index is 13.7. The second kappa shape index (κ2) is 16.8. The summed E-state index contributed by atoms with van der Waals surface area (Å²) in [7, 11) is 1.55. The summed E-state index contributed by atoms with van der Waals surface area (Å²) in [5, 5.41) is 22.8. The van der Waals surface area contributed by atoms with Gasteiger partial charge in [-0.1, -0.05) is 29.8 Å². The number of methoxy groups -OCH3 is 1. The Bertz CT molecular complexity index is 3340. The van der Waals surface area contributed by atoms with E-state index in [0.717, 1.165) is 38.9 Å². The summed E-state index contributed by atoms with van der Waals surface area (Å²) in [4.78, 5) is 59.1. The average molecular weight is 916 g/mol. The molecule has 12 nitrogen and oxygen atoms in total. The van der Waals surface area contributed by atoms with E-state index in [-0.39, 0.29) is 48.0 Å². The van der Waals surface area contributed by atoms with Gasteiger partial charge < -0.3 is 30.5 Å². The third-order valence-electron chi connectivity index (χ3n) is 12.5. The minimum atomic E-state index is -1.20. The van der Waals surface area contributed by atoms with Gasteiger partial charge in [0.1, 0.15) is 17.2 Å². The molecule has 0 saturated carbocycles. The fourth-order valence-electron chi connectivity index (χ4n) is 9.63. The number of amides is 2. The predicted octanol–water partition coefficient (Wildman–Crippen LogP) is 8.86. The number of aromatic nitrogens is 1. The molecule has 0 aliphatic carbocycles. The van der Waals surface area contributed by atoms with Gasteiger partial charge in [0.05, 0.1) is 41.0 Å². The molecular formula is C54H50ClN5O7. The minimum Gasteiger partial charge on any atom is -0.497 e. The van der Waals surface area contributed by atoms with Crippen molar-refractivity contribution in [3.63, 3.8) is 0 Å². The first kappa shape index (κ1) is 44.7. The molecule has 0 spiro atoms. The number of halogens is 1. The van der Waals surface area contributed by atoms with Gasteiger partial charge in [0.15, 0.2) is 0 Å². The van der Waals surface area contributed by atoms with Crippen molar-refractivity contribution in [3.05, 3.63) is 163 Å². The zero-order valence-electron chi connectivity index (χ0n) is 38.5. The van der Waals surface area contributed by atoms with Gasteiger partial charge in [-0.2, -0.15) is 0 Å². The Labute approximate surface area is 392 Å². The van der Waals surface area contributed by atoms with E-state index in [1.54, 1.807) is 73.2 Å². The van der Waals surface area contributed by atoms with Crippen LogP contribution in [-0.2, 0) is 11.2 Å². The first-order valence-corrected chi connectivity index (χ1v) is 22.4. The number of nitrogens with one attached hydrogen (secondary N) is 3. The third kappa shape index (κ3) is 8.38. The largest absolute Gasteiger partial charge is 0.497 e. The molecule has 4 heterocycles. The van der Waals surface area contributed by atoms with Gasteiger partial charge in [0.25, 0.3) is 11.8 Å². The molecule has 6 aromatic rings. The van der Waals surface area contributed by atoms with Crippen molar-refractivity contribution in [2.45, 2.75) is 66.0 Å². The summed E-state index contributed by atoms with van der Waals surface area (Å²) in [5.74, 6) is -0.605. The van der Waals surface area contributed by atoms with Crippen LogP contribution in [0, 0.1) is 6.92 Å². The highest BCUT2D eigenvalue weighted by atomic mass is 35.5. The number of benzene rings is 5. The fourth-order valence-corrected chi connectivity index (χ4v) is 9.76. The van der Waals surface area contributed by atoms with E-state index in [9.17, 15) is 24.3 Å². The number of hydrogen-bond donors (Lipinski definition) is 4. The van der Waals surface area contributed by atoms with Gasteiger partial charge in [0.2, 0.25) is 5.91 Å². The predicted molar refractivity (Wildman–Crippen MR) is 261 cm³/mol. The van der Waals surface area contributed by atoms with Crippen LogP contribution >= 0.6 is 11.6 Å². The number of nitrogens with zero attached hydrogens (tertiary/aromatic N) is 2. The lowest BCUT2D eigenvalue weighted by atomic mass is 9.84. The standard InChI is InChI=1S/C54H50ClN5O7/c1-28-26-53(4,5)58-43-24-46-41(21-36(28)43)49(42-22-37-29(2)27-54(6,7)59-44(37)25-47(42)67-46)35-15-11-32(19-40(35)52(64)65)50(62)57-18-17-56-48(61)23-38-30(3)60(45-16-14-34(66-8)20-39(38)45)51(63)31-9-12-33(55)13-10-31/h9-16,19-22,24-27,58H,17-18,23H2,1-8H3,(H,56,61)(H,57,62)(H,64,65). The van der Waals surface area contributed by atoms with E-state index in [1.165, 1.54) is 6.07 Å². The number of anilines is 1. The number of hydrogen-bond acceptors (Lipinski definition) is 8. The molecule has 0 atom stereocenters. The quantitative estimate of drug-likeness (QED) is 0.0991. The molecule has 0 unspecified atom stereocenters. The van der Waals surface area contributed by atoms with Gasteiger partial charge in [-0.3, -0.25) is 23.9 Å². The highest BCUT2D eigenvalue weighted by molar-refractivity contribution is 6.30. The van der Waals surface area contributed by atoms with Crippen LogP contribution in [0.1, 0.15) is 106 Å². The number of carboxylic acid groups (broad SMARTS) is 1. The molecule has 9 rings (SSSR count). The number of ether oxygens (including phenoxy) is 2. The van der Waals surface area contributed by atoms with Crippen LogP contribution in [-0.4, -0.2) is 64.6 Å². The van der Waals surface area contributed by atoms with Crippen LogP contribution in [0.25, 0.3) is 27.6 Å². The SMILES string of the molecule is COc1ccc2c(c1)c(CC(=O)NCCNC(=O)c1ccc(C3=c4cc5c(cc4Oc4cc6c(cc43)C(C)=CC(C)(C)N6)=NC(C)(C)C=C5C)c(C(=O)O)c1)c(C)n2C(=O)c1ccc(Cl)cc1. The van der Waals surface area contributed by atoms with Gasteiger partial charge in [-0.15, -0.1) is 0 Å². The van der Waals surface area contributed by atoms with E-state index >= 15 is 0 Å². The Morgan fingerprint density at radius 3 is 2.24 bits per heavy atom. The minimum absolute atomic E-state index is 0.0392. The van der Waals surface area contributed by atoms with Crippen molar-refractivity contribution in [2.24, 2.45) is 4.99 Å². The summed E-state index contributed by atoms with van der Waals surface area (Å²) in [6.45, 7) is 14.4. The maximum Gasteiger partial charge on any atom is 0.336 e. The summed E-state index contributed by atoms with van der Waals surface area (Å²) in [6.07, 6.45) is 4.24. The number of carbonyl (C=O) groups excluding carboxylic acids is 3. The van der Waals surface area contributed by atoms with Crippen LogP contribution in [0.2, 0.25) is 5.02 Å². The molecule has 1 aromatic heterocycles. The highest BCUT2D eigenvalue weighted by Crippen LogP contribution is 2.45. The van der Waals surface area contributed by atoms with E-state index < -0.39 is 17.4 Å². The van der Waals surface area contributed by atoms with Gasteiger partial charge in [0, 0.05) is 85.6 Å². The van der Waals surface area contributed by atoms with Crippen molar-refractivity contribution in [2.75, 3.05) is 25.5 Å². The number of aromatic carboxylic acids is 1. The van der Waals surface area contributed by atoms with E-state index in [0.29, 0.717) is 66.4 Å². The highest BCUT2D eigenvalue weighted by Gasteiger charge is 2.31. The van der Waals surface area contributed by atoms with Gasteiger partial charge >= 0.3 is 5.97 Å². The topological polar surface area (TPSA) is 160 Å².